The summed E-state index contributed by atoms with van der Waals surface area (Å²) in [7, 11) is 0. The zero-order valence-electron chi connectivity index (χ0n) is 9.70. The number of halogens is 2. The summed E-state index contributed by atoms with van der Waals surface area (Å²) < 4.78 is 13.6. The first-order valence-electron chi connectivity index (χ1n) is 5.65. The molecule has 0 amide bonds. The van der Waals surface area contributed by atoms with Crippen molar-refractivity contribution < 1.29 is 14.3 Å². The molecule has 5 heteroatoms. The van der Waals surface area contributed by atoms with Crippen molar-refractivity contribution in [2.45, 2.75) is 13.0 Å². The Morgan fingerprint density at radius 1 is 1.50 bits per heavy atom. The van der Waals surface area contributed by atoms with E-state index < -0.39 is 5.97 Å². The molecular formula is C13H13ClFNO2. The molecule has 0 atom stereocenters. The van der Waals surface area contributed by atoms with E-state index in [9.17, 15) is 9.18 Å². The summed E-state index contributed by atoms with van der Waals surface area (Å²) in [6.45, 7) is 1.36. The van der Waals surface area contributed by atoms with Gasteiger partial charge in [0, 0.05) is 35.8 Å². The number of hydrogen-bond acceptors (Lipinski definition) is 2. The number of aliphatic carboxylic acids is 1. The van der Waals surface area contributed by atoms with Crippen LogP contribution >= 0.6 is 11.6 Å². The van der Waals surface area contributed by atoms with Crippen molar-refractivity contribution in [1.29, 1.82) is 0 Å². The summed E-state index contributed by atoms with van der Waals surface area (Å²) >= 11 is 5.95. The number of benzene rings is 1. The monoisotopic (exact) mass is 269 g/mol. The number of carboxylic acid groups (broad SMARTS) is 1. The van der Waals surface area contributed by atoms with E-state index in [-0.39, 0.29) is 5.82 Å². The van der Waals surface area contributed by atoms with Crippen LogP contribution in [-0.2, 0) is 11.3 Å². The lowest BCUT2D eigenvalue weighted by Gasteiger charge is -2.26. The van der Waals surface area contributed by atoms with E-state index in [1.165, 1.54) is 6.07 Å². The number of rotatable bonds is 3. The zero-order valence-corrected chi connectivity index (χ0v) is 10.5. The number of nitrogens with zero attached hydrogens (tertiary/aromatic N) is 1. The third-order valence-electron chi connectivity index (χ3n) is 2.95. The van der Waals surface area contributed by atoms with Gasteiger partial charge in [-0.1, -0.05) is 23.7 Å². The lowest BCUT2D eigenvalue weighted by atomic mass is 10.1. The summed E-state index contributed by atoms with van der Waals surface area (Å²) in [5, 5.41) is 9.31. The zero-order chi connectivity index (χ0) is 13.1. The van der Waals surface area contributed by atoms with E-state index >= 15 is 0 Å². The first-order valence-corrected chi connectivity index (χ1v) is 6.03. The number of hydrogen-bond donors (Lipinski definition) is 1. The lowest BCUT2D eigenvalue weighted by Crippen LogP contribution is -2.32. The van der Waals surface area contributed by atoms with Gasteiger partial charge in [-0.3, -0.25) is 4.90 Å². The van der Waals surface area contributed by atoms with Gasteiger partial charge in [0.15, 0.2) is 0 Å². The highest BCUT2D eigenvalue weighted by Gasteiger charge is 2.19. The van der Waals surface area contributed by atoms with Gasteiger partial charge < -0.3 is 5.11 Å². The normalized spacial score (nSPS) is 16.4. The number of carbonyl (C=O) groups is 1. The van der Waals surface area contributed by atoms with E-state index in [0.717, 1.165) is 0 Å². The Morgan fingerprint density at radius 3 is 2.94 bits per heavy atom. The lowest BCUT2D eigenvalue weighted by molar-refractivity contribution is -0.133. The SMILES string of the molecule is O=C(O)C1=CCCN(Cc2c(F)cccc2Cl)C1. The predicted molar refractivity (Wildman–Crippen MR) is 67.0 cm³/mol. The molecule has 0 unspecified atom stereocenters. The van der Waals surface area contributed by atoms with Gasteiger partial charge >= 0.3 is 5.97 Å². The molecule has 1 heterocycles. The molecule has 1 aliphatic rings. The van der Waals surface area contributed by atoms with E-state index in [0.29, 0.717) is 42.2 Å². The molecule has 96 valence electrons. The van der Waals surface area contributed by atoms with E-state index in [1.807, 2.05) is 4.90 Å². The van der Waals surface area contributed by atoms with Gasteiger partial charge in [0.25, 0.3) is 0 Å². The Bertz CT molecular complexity index is 482. The molecular weight excluding hydrogens is 257 g/mol. The van der Waals surface area contributed by atoms with Crippen LogP contribution in [0.1, 0.15) is 12.0 Å². The summed E-state index contributed by atoms with van der Waals surface area (Å²) in [6, 6.07) is 4.55. The topological polar surface area (TPSA) is 40.5 Å². The molecule has 0 saturated heterocycles. The maximum Gasteiger partial charge on any atom is 0.332 e. The molecule has 0 aromatic heterocycles. The minimum atomic E-state index is -0.917. The molecule has 0 spiro atoms. The fourth-order valence-electron chi connectivity index (χ4n) is 2.00. The molecule has 0 bridgehead atoms. The van der Waals surface area contributed by atoms with Crippen molar-refractivity contribution in [3.63, 3.8) is 0 Å². The highest BCUT2D eigenvalue weighted by atomic mass is 35.5. The Kier molecular flexibility index (Phi) is 3.99. The molecule has 0 aliphatic carbocycles. The fraction of sp³-hybridized carbons (Fsp3) is 0.308. The Morgan fingerprint density at radius 2 is 2.28 bits per heavy atom. The summed E-state index contributed by atoms with van der Waals surface area (Å²) in [5.41, 5.74) is 0.777. The highest BCUT2D eigenvalue weighted by molar-refractivity contribution is 6.31. The molecule has 0 saturated carbocycles. The van der Waals surface area contributed by atoms with Crippen LogP contribution in [0.25, 0.3) is 0 Å². The van der Waals surface area contributed by atoms with Gasteiger partial charge in [-0.2, -0.15) is 0 Å². The van der Waals surface area contributed by atoms with Crippen LogP contribution in [-0.4, -0.2) is 29.1 Å². The largest absolute Gasteiger partial charge is 0.478 e. The van der Waals surface area contributed by atoms with Gasteiger partial charge in [-0.05, 0) is 18.6 Å². The highest BCUT2D eigenvalue weighted by Crippen LogP contribution is 2.22. The van der Waals surface area contributed by atoms with Crippen LogP contribution in [0.15, 0.2) is 29.8 Å². The fourth-order valence-corrected chi connectivity index (χ4v) is 2.23. The van der Waals surface area contributed by atoms with Crippen molar-refractivity contribution in [2.24, 2.45) is 0 Å². The third-order valence-corrected chi connectivity index (χ3v) is 3.30. The molecule has 0 fully saturated rings. The van der Waals surface area contributed by atoms with Crippen LogP contribution in [0.2, 0.25) is 5.02 Å². The second kappa shape index (κ2) is 5.50. The first kappa shape index (κ1) is 13.1. The molecule has 1 N–H and O–H groups in total. The maximum absolute atomic E-state index is 13.6. The smallest absolute Gasteiger partial charge is 0.332 e. The summed E-state index contributed by atoms with van der Waals surface area (Å²) in [6.07, 6.45) is 2.37. The Hall–Kier alpha value is -1.39. The van der Waals surface area contributed by atoms with Gasteiger partial charge in [0.2, 0.25) is 0 Å². The van der Waals surface area contributed by atoms with Crippen LogP contribution in [0.4, 0.5) is 4.39 Å². The summed E-state index contributed by atoms with van der Waals surface area (Å²) in [5.74, 6) is -1.27. The molecule has 1 aromatic carbocycles. The van der Waals surface area contributed by atoms with Crippen molar-refractivity contribution in [2.75, 3.05) is 13.1 Å². The Labute approximate surface area is 109 Å². The minimum absolute atomic E-state index is 0.319. The van der Waals surface area contributed by atoms with Crippen molar-refractivity contribution >= 4 is 17.6 Å². The van der Waals surface area contributed by atoms with Gasteiger partial charge in [-0.15, -0.1) is 0 Å². The molecule has 0 radical (unpaired) electrons. The quantitative estimate of drug-likeness (QED) is 0.917. The summed E-state index contributed by atoms with van der Waals surface area (Å²) in [4.78, 5) is 12.8. The first-order chi connectivity index (χ1) is 8.58. The van der Waals surface area contributed by atoms with E-state index in [1.54, 1.807) is 18.2 Å². The molecule has 18 heavy (non-hydrogen) atoms. The average Bonchev–Trinajstić information content (AvgIpc) is 2.34. The van der Waals surface area contributed by atoms with Gasteiger partial charge in [0.1, 0.15) is 5.82 Å². The Balaban J connectivity index is 2.11. The maximum atomic E-state index is 13.6. The predicted octanol–water partition coefficient (Wildman–Crippen LogP) is 2.70. The van der Waals surface area contributed by atoms with Gasteiger partial charge in [0.05, 0.1) is 0 Å². The van der Waals surface area contributed by atoms with Gasteiger partial charge in [-0.25, -0.2) is 9.18 Å². The van der Waals surface area contributed by atoms with E-state index in [2.05, 4.69) is 0 Å². The van der Waals surface area contributed by atoms with Crippen molar-refractivity contribution in [1.82, 2.24) is 4.90 Å². The van der Waals surface area contributed by atoms with Crippen LogP contribution in [0.5, 0.6) is 0 Å². The van der Waals surface area contributed by atoms with Crippen LogP contribution in [0.3, 0.4) is 0 Å². The average molecular weight is 270 g/mol. The number of carboxylic acids is 1. The molecule has 1 aliphatic heterocycles. The molecule has 1 aromatic rings. The van der Waals surface area contributed by atoms with Crippen molar-refractivity contribution in [3.8, 4) is 0 Å². The van der Waals surface area contributed by atoms with E-state index in [4.69, 9.17) is 16.7 Å². The standard InChI is InChI=1S/C13H13ClFNO2/c14-11-4-1-5-12(15)10(11)8-16-6-2-3-9(7-16)13(17)18/h1,3-5H,2,6-8H2,(H,17,18). The van der Waals surface area contributed by atoms with Crippen molar-refractivity contribution in [3.05, 3.63) is 46.3 Å². The van der Waals surface area contributed by atoms with Crippen LogP contribution < -0.4 is 0 Å². The second-order valence-electron chi connectivity index (χ2n) is 4.23. The second-order valence-corrected chi connectivity index (χ2v) is 4.64. The minimum Gasteiger partial charge on any atom is -0.478 e. The third kappa shape index (κ3) is 2.89. The van der Waals surface area contributed by atoms with Crippen LogP contribution in [0, 0.1) is 5.82 Å². The molecule has 2 rings (SSSR count). The molecule has 3 nitrogen and oxygen atoms in total.